The molecule has 1 aliphatic carbocycles. The predicted octanol–water partition coefficient (Wildman–Crippen LogP) is 2.34. The summed E-state index contributed by atoms with van der Waals surface area (Å²) in [6, 6.07) is 16.1. The fraction of sp³-hybridized carbons (Fsp3) is 0.261. The molecule has 0 unspecified atom stereocenters. The molecular formula is C23H24N2O6. The van der Waals surface area contributed by atoms with E-state index in [2.05, 4.69) is 29.3 Å². The quantitative estimate of drug-likeness (QED) is 0.263. The molecule has 162 valence electrons. The number of hydrogen-bond donors (Lipinski definition) is 2. The zero-order chi connectivity index (χ0) is 22.1. The van der Waals surface area contributed by atoms with E-state index in [9.17, 15) is 14.4 Å². The first kappa shape index (κ1) is 22.0. The molecule has 8 heteroatoms. The van der Waals surface area contributed by atoms with E-state index in [0.717, 1.165) is 22.3 Å². The van der Waals surface area contributed by atoms with Gasteiger partial charge >= 0.3 is 12.1 Å². The first-order valence-electron chi connectivity index (χ1n) is 9.80. The molecule has 1 aliphatic rings. The summed E-state index contributed by atoms with van der Waals surface area (Å²) >= 11 is 0. The highest BCUT2D eigenvalue weighted by Crippen LogP contribution is 2.44. The van der Waals surface area contributed by atoms with Crippen LogP contribution in [0, 0.1) is 0 Å². The largest absolute Gasteiger partial charge is 0.460 e. The molecule has 0 saturated carbocycles. The van der Waals surface area contributed by atoms with Crippen LogP contribution in [-0.4, -0.2) is 51.1 Å². The summed E-state index contributed by atoms with van der Waals surface area (Å²) in [6.45, 7) is 2.92. The summed E-state index contributed by atoms with van der Waals surface area (Å²) in [4.78, 5) is 35.0. The van der Waals surface area contributed by atoms with Crippen LogP contribution in [0.15, 0.2) is 61.2 Å². The predicted molar refractivity (Wildman–Crippen MR) is 113 cm³/mol. The van der Waals surface area contributed by atoms with Crippen LogP contribution in [0.2, 0.25) is 0 Å². The van der Waals surface area contributed by atoms with Crippen LogP contribution in [0.5, 0.6) is 0 Å². The molecule has 2 aromatic rings. The van der Waals surface area contributed by atoms with Gasteiger partial charge in [0, 0.05) is 5.92 Å². The second-order valence-electron chi connectivity index (χ2n) is 6.74. The molecular weight excluding hydrogens is 400 g/mol. The molecule has 3 rings (SSSR count). The molecule has 31 heavy (non-hydrogen) atoms. The Morgan fingerprint density at radius 2 is 1.58 bits per heavy atom. The van der Waals surface area contributed by atoms with Gasteiger partial charge in [-0.15, -0.1) is 0 Å². The number of fused-ring (bicyclic) bond motifs is 3. The van der Waals surface area contributed by atoms with Crippen molar-refractivity contribution < 1.29 is 28.6 Å². The lowest BCUT2D eigenvalue weighted by Gasteiger charge is -2.14. The van der Waals surface area contributed by atoms with Gasteiger partial charge in [0.1, 0.15) is 33.1 Å². The molecule has 2 aromatic carbocycles. The smallest absolute Gasteiger partial charge is 0.407 e. The maximum atomic E-state index is 12.0. The monoisotopic (exact) mass is 424 g/mol. The van der Waals surface area contributed by atoms with Crippen LogP contribution in [-0.2, 0) is 23.8 Å². The molecule has 8 nitrogen and oxygen atoms in total. The third-order valence-corrected chi connectivity index (χ3v) is 4.69. The Kier molecular flexibility index (Phi) is 7.78. The van der Waals surface area contributed by atoms with Crippen molar-refractivity contribution in [3.05, 3.63) is 72.3 Å². The van der Waals surface area contributed by atoms with Gasteiger partial charge in [0.05, 0.1) is 0 Å². The third-order valence-electron chi connectivity index (χ3n) is 4.69. The Morgan fingerprint density at radius 3 is 2.23 bits per heavy atom. The van der Waals surface area contributed by atoms with E-state index >= 15 is 0 Å². The van der Waals surface area contributed by atoms with Crippen LogP contribution in [0.3, 0.4) is 0 Å². The fourth-order valence-electron chi connectivity index (χ4n) is 3.32. The van der Waals surface area contributed by atoms with Crippen molar-refractivity contribution in [1.29, 1.82) is 0 Å². The molecule has 2 N–H and O–H groups in total. The minimum Gasteiger partial charge on any atom is -0.460 e. The lowest BCUT2D eigenvalue weighted by Crippen LogP contribution is -2.38. The molecule has 0 aliphatic heterocycles. The summed E-state index contributed by atoms with van der Waals surface area (Å²) < 4.78 is 15.0. The van der Waals surface area contributed by atoms with Crippen LogP contribution in [0.4, 0.5) is 4.79 Å². The number of benzene rings is 2. The minimum atomic E-state index is -0.689. The van der Waals surface area contributed by atoms with Gasteiger partial charge in [-0.3, -0.25) is 4.79 Å². The minimum absolute atomic E-state index is 0.0544. The lowest BCUT2D eigenvalue weighted by molar-refractivity contribution is -0.148. The number of rotatable bonds is 10. The summed E-state index contributed by atoms with van der Waals surface area (Å²) in [6.07, 6.45) is 0.750. The summed E-state index contributed by atoms with van der Waals surface area (Å²) in [7, 11) is 0. The second kappa shape index (κ2) is 10.9. The molecule has 0 saturated heterocycles. The van der Waals surface area contributed by atoms with Gasteiger partial charge in [0.2, 0.25) is 5.91 Å². The van der Waals surface area contributed by atoms with Crippen LogP contribution >= 0.6 is 0 Å². The fourth-order valence-corrected chi connectivity index (χ4v) is 3.32. The number of nitrogens with one attached hydrogen (secondary N) is 2. The number of amides is 2. The van der Waals surface area contributed by atoms with E-state index in [1.807, 2.05) is 36.4 Å². The van der Waals surface area contributed by atoms with E-state index in [1.54, 1.807) is 0 Å². The highest BCUT2D eigenvalue weighted by atomic mass is 16.6. The maximum Gasteiger partial charge on any atom is 0.407 e. The van der Waals surface area contributed by atoms with Crippen molar-refractivity contribution in [2.24, 2.45) is 0 Å². The summed E-state index contributed by atoms with van der Waals surface area (Å²) in [5.74, 6) is -1.10. The normalized spacial score (nSPS) is 11.7. The van der Waals surface area contributed by atoms with E-state index in [1.165, 1.54) is 6.08 Å². The van der Waals surface area contributed by atoms with E-state index < -0.39 is 18.0 Å². The molecule has 0 aromatic heterocycles. The highest BCUT2D eigenvalue weighted by molar-refractivity contribution is 5.82. The van der Waals surface area contributed by atoms with Crippen molar-refractivity contribution in [3.8, 4) is 11.1 Å². The SMILES string of the molecule is C=CCOC(=O)COCNC(=O)CNC(=O)OCC1c2ccccc2-c2ccccc21. The molecule has 0 radical (unpaired) electrons. The van der Waals surface area contributed by atoms with Crippen molar-refractivity contribution >= 4 is 18.0 Å². The Balaban J connectivity index is 1.39. The van der Waals surface area contributed by atoms with Crippen LogP contribution in [0.25, 0.3) is 11.1 Å². The topological polar surface area (TPSA) is 103 Å². The summed E-state index contributed by atoms with van der Waals surface area (Å²) in [5.41, 5.74) is 4.50. The van der Waals surface area contributed by atoms with Gasteiger partial charge in [-0.2, -0.15) is 0 Å². The second-order valence-corrected chi connectivity index (χ2v) is 6.74. The summed E-state index contributed by atoms with van der Waals surface area (Å²) in [5, 5.41) is 4.81. The Hall–Kier alpha value is -3.65. The first-order chi connectivity index (χ1) is 15.1. The Labute approximate surface area is 180 Å². The van der Waals surface area contributed by atoms with Gasteiger partial charge in [-0.25, -0.2) is 9.59 Å². The average Bonchev–Trinajstić information content (AvgIpc) is 3.11. The zero-order valence-electron chi connectivity index (χ0n) is 17.0. The Bertz CT molecular complexity index is 913. The number of ether oxygens (including phenoxy) is 3. The highest BCUT2D eigenvalue weighted by Gasteiger charge is 2.28. The average molecular weight is 424 g/mol. The van der Waals surface area contributed by atoms with Crippen LogP contribution < -0.4 is 10.6 Å². The number of carbonyl (C=O) groups excluding carboxylic acids is 3. The van der Waals surface area contributed by atoms with Gasteiger partial charge in [-0.1, -0.05) is 61.2 Å². The maximum absolute atomic E-state index is 12.0. The van der Waals surface area contributed by atoms with E-state index in [0.29, 0.717) is 0 Å². The lowest BCUT2D eigenvalue weighted by atomic mass is 9.98. The van der Waals surface area contributed by atoms with Gasteiger partial charge in [0.15, 0.2) is 0 Å². The number of esters is 1. The zero-order valence-corrected chi connectivity index (χ0v) is 17.0. The van der Waals surface area contributed by atoms with Crippen molar-refractivity contribution in [2.75, 3.05) is 33.1 Å². The van der Waals surface area contributed by atoms with Gasteiger partial charge in [-0.05, 0) is 22.3 Å². The van der Waals surface area contributed by atoms with Gasteiger partial charge in [0.25, 0.3) is 0 Å². The molecule has 0 bridgehead atoms. The molecule has 0 spiro atoms. The molecule has 0 fully saturated rings. The number of carbonyl (C=O) groups is 3. The number of alkyl carbamates (subject to hydrolysis) is 1. The van der Waals surface area contributed by atoms with E-state index in [4.69, 9.17) is 14.2 Å². The number of hydrogen-bond acceptors (Lipinski definition) is 6. The third kappa shape index (κ3) is 5.93. The molecule has 0 heterocycles. The van der Waals surface area contributed by atoms with Crippen LogP contribution in [0.1, 0.15) is 17.0 Å². The van der Waals surface area contributed by atoms with Crippen molar-refractivity contribution in [1.82, 2.24) is 10.6 Å². The van der Waals surface area contributed by atoms with E-state index in [-0.39, 0.29) is 39.0 Å². The van der Waals surface area contributed by atoms with Crippen molar-refractivity contribution in [2.45, 2.75) is 5.92 Å². The molecule has 2 amide bonds. The van der Waals surface area contributed by atoms with Gasteiger partial charge < -0.3 is 24.8 Å². The standard InChI is InChI=1S/C23H24N2O6/c1-2-11-30-22(27)14-29-15-25-21(26)12-24-23(28)31-13-20-18-9-5-3-7-16(18)17-8-4-6-10-19(17)20/h2-10,20H,1,11-15H2,(H,24,28)(H,25,26). The Morgan fingerprint density at radius 1 is 0.935 bits per heavy atom. The van der Waals surface area contributed by atoms with Crippen molar-refractivity contribution in [3.63, 3.8) is 0 Å². The molecule has 0 atom stereocenters. The first-order valence-corrected chi connectivity index (χ1v) is 9.80.